The molecule has 1 aromatic heterocycles. The molecule has 2 heterocycles. The average Bonchev–Trinajstić information content (AvgIpc) is 2.74. The van der Waals surface area contributed by atoms with Crippen molar-refractivity contribution in [2.75, 3.05) is 26.8 Å². The van der Waals surface area contributed by atoms with Crippen LogP contribution in [0.2, 0.25) is 0 Å². The minimum Gasteiger partial charge on any atom is -0.467 e. The first-order valence-electron chi connectivity index (χ1n) is 5.58. The van der Waals surface area contributed by atoms with Gasteiger partial charge < -0.3 is 14.0 Å². The van der Waals surface area contributed by atoms with Crippen molar-refractivity contribution in [3.8, 4) is 0 Å². The van der Waals surface area contributed by atoms with Gasteiger partial charge in [0, 0.05) is 32.5 Å². The second kappa shape index (κ2) is 5.29. The van der Waals surface area contributed by atoms with Crippen LogP contribution < -0.4 is 0 Å². The Balaban J connectivity index is 1.94. The van der Waals surface area contributed by atoms with Crippen LogP contribution in [0.15, 0.2) is 12.4 Å². The first kappa shape index (κ1) is 12.1. The molecular weight excluding hydrogens is 222 g/mol. The molecule has 0 saturated carbocycles. The first-order valence-corrected chi connectivity index (χ1v) is 5.58. The van der Waals surface area contributed by atoms with Crippen LogP contribution >= 0.6 is 0 Å². The number of nitrogens with zero attached hydrogens (tertiary/aromatic N) is 3. The lowest BCUT2D eigenvalue weighted by atomic mass is 10.2. The number of ether oxygens (including phenoxy) is 2. The molecule has 0 spiro atoms. The maximum atomic E-state index is 11.4. The molecule has 1 fully saturated rings. The average molecular weight is 239 g/mol. The second-order valence-electron chi connectivity index (χ2n) is 4.07. The predicted molar refractivity (Wildman–Crippen MR) is 60.2 cm³/mol. The van der Waals surface area contributed by atoms with Gasteiger partial charge in [0.25, 0.3) is 0 Å². The Kier molecular flexibility index (Phi) is 3.75. The Labute approximate surface area is 100 Å². The number of morpholine rings is 1. The number of methoxy groups -OCH3 is 1. The third-order valence-corrected chi connectivity index (χ3v) is 2.90. The molecule has 0 N–H and O–H groups in total. The minimum absolute atomic E-state index is 0.311. The number of rotatable bonds is 3. The summed E-state index contributed by atoms with van der Waals surface area (Å²) in [6.45, 7) is 2.63. The summed E-state index contributed by atoms with van der Waals surface area (Å²) in [4.78, 5) is 17.8. The van der Waals surface area contributed by atoms with Gasteiger partial charge in [0.15, 0.2) is 6.10 Å². The first-order chi connectivity index (χ1) is 8.20. The summed E-state index contributed by atoms with van der Waals surface area (Å²) in [5.74, 6) is 0.671. The van der Waals surface area contributed by atoms with Crippen LogP contribution in [0.3, 0.4) is 0 Å². The third-order valence-electron chi connectivity index (χ3n) is 2.90. The molecule has 1 aromatic rings. The fraction of sp³-hybridized carbons (Fsp3) is 0.636. The molecule has 1 atom stereocenters. The molecule has 0 aromatic carbocycles. The number of aryl methyl sites for hydroxylation is 1. The summed E-state index contributed by atoms with van der Waals surface area (Å²) in [7, 11) is 3.34. The van der Waals surface area contributed by atoms with Crippen LogP contribution in [0.4, 0.5) is 0 Å². The van der Waals surface area contributed by atoms with E-state index in [0.717, 1.165) is 18.9 Å². The molecule has 1 saturated heterocycles. The number of hydrogen-bond donors (Lipinski definition) is 0. The Morgan fingerprint density at radius 3 is 3.18 bits per heavy atom. The van der Waals surface area contributed by atoms with Gasteiger partial charge in [-0.1, -0.05) is 0 Å². The molecule has 0 aliphatic carbocycles. The van der Waals surface area contributed by atoms with Crippen molar-refractivity contribution in [1.82, 2.24) is 14.5 Å². The van der Waals surface area contributed by atoms with Gasteiger partial charge in [-0.3, -0.25) is 4.90 Å². The van der Waals surface area contributed by atoms with Crippen molar-refractivity contribution in [2.45, 2.75) is 12.6 Å². The maximum absolute atomic E-state index is 11.4. The van der Waals surface area contributed by atoms with Crippen LogP contribution in [0.25, 0.3) is 0 Å². The number of carbonyl (C=O) groups excluding carboxylic acids is 1. The quantitative estimate of drug-likeness (QED) is 0.683. The van der Waals surface area contributed by atoms with Gasteiger partial charge in [0.1, 0.15) is 5.82 Å². The Hall–Kier alpha value is -1.40. The lowest BCUT2D eigenvalue weighted by Crippen LogP contribution is -2.46. The molecule has 2 rings (SSSR count). The van der Waals surface area contributed by atoms with E-state index in [1.807, 2.05) is 17.8 Å². The summed E-state index contributed by atoms with van der Waals surface area (Å²) < 4.78 is 12.0. The Morgan fingerprint density at radius 1 is 1.71 bits per heavy atom. The molecule has 1 unspecified atom stereocenters. The van der Waals surface area contributed by atoms with Crippen molar-refractivity contribution in [2.24, 2.45) is 7.05 Å². The van der Waals surface area contributed by atoms with Gasteiger partial charge in [0.05, 0.1) is 20.3 Å². The summed E-state index contributed by atoms with van der Waals surface area (Å²) in [5.41, 5.74) is 0. The third kappa shape index (κ3) is 2.83. The van der Waals surface area contributed by atoms with E-state index in [-0.39, 0.29) is 5.97 Å². The van der Waals surface area contributed by atoms with Crippen LogP contribution in [0.5, 0.6) is 0 Å². The van der Waals surface area contributed by atoms with Crippen molar-refractivity contribution in [3.05, 3.63) is 18.2 Å². The van der Waals surface area contributed by atoms with E-state index in [4.69, 9.17) is 4.74 Å². The summed E-state index contributed by atoms with van der Waals surface area (Å²) in [6.07, 6.45) is 3.20. The van der Waals surface area contributed by atoms with Crippen LogP contribution in [-0.4, -0.2) is 53.3 Å². The van der Waals surface area contributed by atoms with E-state index in [2.05, 4.69) is 14.6 Å². The van der Waals surface area contributed by atoms with Crippen molar-refractivity contribution in [1.29, 1.82) is 0 Å². The fourth-order valence-corrected chi connectivity index (χ4v) is 1.87. The monoisotopic (exact) mass is 239 g/mol. The highest BCUT2D eigenvalue weighted by atomic mass is 16.6. The Morgan fingerprint density at radius 2 is 2.53 bits per heavy atom. The normalized spacial score (nSPS) is 21.4. The van der Waals surface area contributed by atoms with E-state index >= 15 is 0 Å². The molecule has 0 radical (unpaired) electrons. The highest BCUT2D eigenvalue weighted by Gasteiger charge is 2.27. The number of hydrogen-bond acceptors (Lipinski definition) is 5. The molecule has 1 aliphatic heterocycles. The maximum Gasteiger partial charge on any atom is 0.336 e. The zero-order valence-electron chi connectivity index (χ0n) is 10.1. The standard InChI is InChI=1S/C11H17N3O3/c1-13-4-3-12-10(13)8-14-5-6-17-9(7-14)11(15)16-2/h3-4,9H,5-8H2,1-2H3. The van der Waals surface area contributed by atoms with Crippen LogP contribution in [-0.2, 0) is 27.9 Å². The number of esters is 1. The number of carbonyl (C=O) groups is 1. The highest BCUT2D eigenvalue weighted by Crippen LogP contribution is 2.10. The fourth-order valence-electron chi connectivity index (χ4n) is 1.87. The molecule has 6 nitrogen and oxygen atoms in total. The van der Waals surface area contributed by atoms with E-state index < -0.39 is 6.10 Å². The van der Waals surface area contributed by atoms with Gasteiger partial charge in [-0.05, 0) is 0 Å². The number of imidazole rings is 1. The van der Waals surface area contributed by atoms with Crippen molar-refractivity contribution in [3.63, 3.8) is 0 Å². The van der Waals surface area contributed by atoms with Gasteiger partial charge >= 0.3 is 5.97 Å². The molecule has 0 bridgehead atoms. The topological polar surface area (TPSA) is 56.6 Å². The van der Waals surface area contributed by atoms with Gasteiger partial charge in [-0.2, -0.15) is 0 Å². The van der Waals surface area contributed by atoms with E-state index in [9.17, 15) is 4.79 Å². The number of aromatic nitrogens is 2. The van der Waals surface area contributed by atoms with Crippen LogP contribution in [0, 0.1) is 0 Å². The minimum atomic E-state index is -0.478. The molecular formula is C11H17N3O3. The molecule has 94 valence electrons. The van der Waals surface area contributed by atoms with Gasteiger partial charge in [0.2, 0.25) is 0 Å². The largest absolute Gasteiger partial charge is 0.467 e. The van der Waals surface area contributed by atoms with Gasteiger partial charge in [-0.25, -0.2) is 9.78 Å². The van der Waals surface area contributed by atoms with Crippen molar-refractivity contribution >= 4 is 5.97 Å². The second-order valence-corrected chi connectivity index (χ2v) is 4.07. The molecule has 0 amide bonds. The lowest BCUT2D eigenvalue weighted by Gasteiger charge is -2.30. The van der Waals surface area contributed by atoms with E-state index in [0.29, 0.717) is 13.2 Å². The zero-order valence-corrected chi connectivity index (χ0v) is 10.1. The summed E-state index contributed by atoms with van der Waals surface area (Å²) in [5, 5.41) is 0. The smallest absolute Gasteiger partial charge is 0.336 e. The lowest BCUT2D eigenvalue weighted by molar-refractivity contribution is -0.160. The zero-order chi connectivity index (χ0) is 12.3. The Bertz CT molecular complexity index is 391. The highest BCUT2D eigenvalue weighted by molar-refractivity contribution is 5.74. The van der Waals surface area contributed by atoms with E-state index in [1.165, 1.54) is 7.11 Å². The van der Waals surface area contributed by atoms with Crippen molar-refractivity contribution < 1.29 is 14.3 Å². The summed E-state index contributed by atoms with van der Waals surface area (Å²) in [6, 6.07) is 0. The molecule has 1 aliphatic rings. The van der Waals surface area contributed by atoms with Crippen LogP contribution in [0.1, 0.15) is 5.82 Å². The molecule has 17 heavy (non-hydrogen) atoms. The summed E-state index contributed by atoms with van der Waals surface area (Å²) >= 11 is 0. The predicted octanol–water partition coefficient (Wildman–Crippen LogP) is -0.206. The van der Waals surface area contributed by atoms with E-state index in [1.54, 1.807) is 6.20 Å². The van der Waals surface area contributed by atoms with Gasteiger partial charge in [-0.15, -0.1) is 0 Å². The SMILES string of the molecule is COC(=O)C1CN(Cc2nccn2C)CCO1. The molecule has 6 heteroatoms.